The van der Waals surface area contributed by atoms with Crippen LogP contribution < -0.4 is 10.1 Å². The molecule has 0 bridgehead atoms. The molecule has 1 aliphatic rings. The fourth-order valence-corrected chi connectivity index (χ4v) is 3.94. The molecule has 2 heterocycles. The summed E-state index contributed by atoms with van der Waals surface area (Å²) < 4.78 is 7.55. The topological polar surface area (TPSA) is 69.0 Å². The number of hydrogen-bond acceptors (Lipinski definition) is 4. The molecule has 1 saturated carbocycles. The Hall–Kier alpha value is -2.60. The second-order valence-corrected chi connectivity index (χ2v) is 7.92. The number of benzene rings is 1. The number of rotatable bonds is 4. The molecule has 3 aromatic rings. The molecular formula is C21H23ClN4O2. The maximum atomic E-state index is 12.6. The molecule has 28 heavy (non-hydrogen) atoms. The molecule has 1 aliphatic carbocycles. The fourth-order valence-electron chi connectivity index (χ4n) is 3.76. The number of pyridine rings is 1. The number of fused-ring (bicyclic) bond motifs is 1. The number of amides is 1. The van der Waals surface area contributed by atoms with E-state index in [1.165, 1.54) is 25.2 Å². The predicted octanol–water partition coefficient (Wildman–Crippen LogP) is 5.10. The number of nitrogens with zero attached hydrogens (tertiary/aromatic N) is 3. The number of methoxy groups -OCH3 is 1. The van der Waals surface area contributed by atoms with Gasteiger partial charge in [0.2, 0.25) is 0 Å². The molecule has 0 unspecified atom stereocenters. The number of anilines is 1. The van der Waals surface area contributed by atoms with Crippen LogP contribution >= 0.6 is 11.6 Å². The van der Waals surface area contributed by atoms with Crippen LogP contribution in [0.1, 0.15) is 49.0 Å². The Morgan fingerprint density at radius 3 is 2.71 bits per heavy atom. The van der Waals surface area contributed by atoms with Gasteiger partial charge in [-0.05, 0) is 43.7 Å². The van der Waals surface area contributed by atoms with Gasteiger partial charge in [-0.3, -0.25) is 14.5 Å². The average molecular weight is 399 g/mol. The van der Waals surface area contributed by atoms with Crippen molar-refractivity contribution in [2.75, 3.05) is 12.4 Å². The van der Waals surface area contributed by atoms with Crippen molar-refractivity contribution in [3.63, 3.8) is 0 Å². The van der Waals surface area contributed by atoms with Crippen LogP contribution in [0.15, 0.2) is 36.8 Å². The smallest absolute Gasteiger partial charge is 0.257 e. The minimum atomic E-state index is -0.290. The lowest BCUT2D eigenvalue weighted by Crippen LogP contribution is -2.16. The number of nitrogens with one attached hydrogen (secondary N) is 1. The highest BCUT2D eigenvalue weighted by molar-refractivity contribution is 6.30. The van der Waals surface area contributed by atoms with Gasteiger partial charge in [-0.2, -0.15) is 5.10 Å². The summed E-state index contributed by atoms with van der Waals surface area (Å²) in [5.41, 5.74) is 1.84. The summed E-state index contributed by atoms with van der Waals surface area (Å²) in [4.78, 5) is 16.5. The van der Waals surface area contributed by atoms with Crippen molar-refractivity contribution in [2.24, 2.45) is 5.92 Å². The van der Waals surface area contributed by atoms with Crippen molar-refractivity contribution in [3.8, 4) is 5.75 Å². The average Bonchev–Trinajstić information content (AvgIpc) is 3.10. The summed E-state index contributed by atoms with van der Waals surface area (Å²) in [7, 11) is 1.58. The first kappa shape index (κ1) is 18.7. The Bertz CT molecular complexity index is 1010. The molecule has 146 valence electrons. The summed E-state index contributed by atoms with van der Waals surface area (Å²) >= 11 is 5.94. The zero-order valence-corrected chi connectivity index (χ0v) is 16.7. The van der Waals surface area contributed by atoms with Crippen LogP contribution in [0.2, 0.25) is 5.02 Å². The summed E-state index contributed by atoms with van der Waals surface area (Å²) in [6.07, 6.45) is 9.80. The third-order valence-corrected chi connectivity index (χ3v) is 5.62. The van der Waals surface area contributed by atoms with E-state index in [1.54, 1.807) is 13.2 Å². The highest BCUT2D eigenvalue weighted by Gasteiger charge is 2.21. The van der Waals surface area contributed by atoms with E-state index in [0.29, 0.717) is 28.1 Å². The molecule has 0 saturated heterocycles. The van der Waals surface area contributed by atoms with E-state index in [2.05, 4.69) is 28.1 Å². The molecule has 6 nitrogen and oxygen atoms in total. The number of halogens is 1. The van der Waals surface area contributed by atoms with Crippen molar-refractivity contribution < 1.29 is 9.53 Å². The highest BCUT2D eigenvalue weighted by atomic mass is 35.5. The van der Waals surface area contributed by atoms with E-state index < -0.39 is 0 Å². The van der Waals surface area contributed by atoms with Crippen molar-refractivity contribution in [2.45, 2.75) is 38.6 Å². The molecule has 7 heteroatoms. The molecule has 1 aromatic carbocycles. The number of carbonyl (C=O) groups excluding carboxylic acids is 1. The lowest BCUT2D eigenvalue weighted by molar-refractivity contribution is 0.102. The number of carbonyl (C=O) groups is 1. The van der Waals surface area contributed by atoms with E-state index in [-0.39, 0.29) is 5.91 Å². The monoisotopic (exact) mass is 398 g/mol. The Balaban J connectivity index is 1.62. The van der Waals surface area contributed by atoms with Gasteiger partial charge in [0.1, 0.15) is 5.75 Å². The zero-order chi connectivity index (χ0) is 19.7. The summed E-state index contributed by atoms with van der Waals surface area (Å²) in [5.74, 6) is 1.07. The van der Waals surface area contributed by atoms with Crippen molar-refractivity contribution >= 4 is 34.1 Å². The largest absolute Gasteiger partial charge is 0.494 e. The number of aromatic nitrogens is 3. The molecule has 0 aliphatic heterocycles. The molecule has 0 atom stereocenters. The second kappa shape index (κ2) is 7.80. The molecule has 1 fully saturated rings. The molecule has 1 N–H and O–H groups in total. The molecule has 1 amide bonds. The molecule has 4 rings (SSSR count). The van der Waals surface area contributed by atoms with Gasteiger partial charge in [0, 0.05) is 30.0 Å². The van der Waals surface area contributed by atoms with Crippen LogP contribution in [0.5, 0.6) is 5.75 Å². The third-order valence-electron chi connectivity index (χ3n) is 5.42. The fraction of sp³-hybridized carbons (Fsp3) is 0.381. The van der Waals surface area contributed by atoms with Crippen LogP contribution in [0.25, 0.3) is 10.9 Å². The van der Waals surface area contributed by atoms with Crippen molar-refractivity contribution in [1.29, 1.82) is 0 Å². The van der Waals surface area contributed by atoms with E-state index in [0.717, 1.165) is 29.7 Å². The van der Waals surface area contributed by atoms with Gasteiger partial charge in [0.25, 0.3) is 5.91 Å². The first-order chi connectivity index (χ1) is 13.5. The molecule has 2 aromatic heterocycles. The SMILES string of the molecule is COc1cc2nn([C@H]3CC[C@H](C)CC3)cc2cc1NC(=O)c1cncc(Cl)c1. The Morgan fingerprint density at radius 1 is 1.21 bits per heavy atom. The molecule has 0 radical (unpaired) electrons. The van der Waals surface area contributed by atoms with Crippen molar-refractivity contribution in [3.05, 3.63) is 47.4 Å². The Morgan fingerprint density at radius 2 is 2.00 bits per heavy atom. The lowest BCUT2D eigenvalue weighted by Gasteiger charge is -2.26. The molecule has 0 spiro atoms. The summed E-state index contributed by atoms with van der Waals surface area (Å²) in [6.45, 7) is 2.31. The van der Waals surface area contributed by atoms with E-state index in [1.807, 2.05) is 12.1 Å². The van der Waals surface area contributed by atoms with Gasteiger partial charge < -0.3 is 10.1 Å². The van der Waals surface area contributed by atoms with E-state index in [9.17, 15) is 4.79 Å². The van der Waals surface area contributed by atoms with Crippen LogP contribution in [0.4, 0.5) is 5.69 Å². The highest BCUT2D eigenvalue weighted by Crippen LogP contribution is 2.34. The van der Waals surface area contributed by atoms with Gasteiger partial charge in [0.15, 0.2) is 0 Å². The van der Waals surface area contributed by atoms with Gasteiger partial charge in [-0.25, -0.2) is 0 Å². The second-order valence-electron chi connectivity index (χ2n) is 7.48. The quantitative estimate of drug-likeness (QED) is 0.664. The predicted molar refractivity (Wildman–Crippen MR) is 110 cm³/mol. The maximum absolute atomic E-state index is 12.6. The summed E-state index contributed by atoms with van der Waals surface area (Å²) in [5, 5.41) is 9.03. The summed E-state index contributed by atoms with van der Waals surface area (Å²) in [6, 6.07) is 5.78. The van der Waals surface area contributed by atoms with Crippen LogP contribution in [-0.2, 0) is 0 Å². The van der Waals surface area contributed by atoms with Gasteiger partial charge >= 0.3 is 0 Å². The van der Waals surface area contributed by atoms with E-state index >= 15 is 0 Å². The van der Waals surface area contributed by atoms with Crippen LogP contribution in [0.3, 0.4) is 0 Å². The maximum Gasteiger partial charge on any atom is 0.257 e. The minimum absolute atomic E-state index is 0.290. The minimum Gasteiger partial charge on any atom is -0.494 e. The van der Waals surface area contributed by atoms with Crippen molar-refractivity contribution in [1.82, 2.24) is 14.8 Å². The standard InChI is InChI=1S/C21H23ClN4O2/c1-13-3-5-17(6-4-13)26-12-15-8-19(20(28-2)9-18(15)25-26)24-21(27)14-7-16(22)11-23-10-14/h7-13,17H,3-6H2,1-2H3,(H,24,27)/t13-,17-. The first-order valence-corrected chi connectivity index (χ1v) is 9.90. The third kappa shape index (κ3) is 3.83. The normalized spacial score (nSPS) is 19.5. The van der Waals surface area contributed by atoms with Crippen LogP contribution in [-0.4, -0.2) is 27.8 Å². The van der Waals surface area contributed by atoms with Gasteiger partial charge in [0.05, 0.1) is 34.9 Å². The van der Waals surface area contributed by atoms with Crippen LogP contribution in [0, 0.1) is 5.92 Å². The Labute approximate surface area is 168 Å². The van der Waals surface area contributed by atoms with E-state index in [4.69, 9.17) is 21.4 Å². The first-order valence-electron chi connectivity index (χ1n) is 9.52. The Kier molecular flexibility index (Phi) is 5.22. The number of hydrogen-bond donors (Lipinski definition) is 1. The number of ether oxygens (including phenoxy) is 1. The van der Waals surface area contributed by atoms with Gasteiger partial charge in [-0.1, -0.05) is 18.5 Å². The molecular weight excluding hydrogens is 376 g/mol. The zero-order valence-electron chi connectivity index (χ0n) is 16.0. The van der Waals surface area contributed by atoms with Gasteiger partial charge in [-0.15, -0.1) is 0 Å². The lowest BCUT2D eigenvalue weighted by atomic mass is 9.87.